The van der Waals surface area contributed by atoms with E-state index in [-0.39, 0.29) is 10.6 Å². The second-order valence-corrected chi connectivity index (χ2v) is 5.97. The van der Waals surface area contributed by atoms with Gasteiger partial charge in [0.25, 0.3) is 10.0 Å². The third-order valence-corrected chi connectivity index (χ3v) is 3.56. The van der Waals surface area contributed by atoms with Crippen LogP contribution in [0, 0.1) is 0 Å². The first-order valence-corrected chi connectivity index (χ1v) is 6.90. The predicted octanol–water partition coefficient (Wildman–Crippen LogP) is 1.74. The van der Waals surface area contributed by atoms with E-state index >= 15 is 0 Å². The molecule has 0 saturated heterocycles. The van der Waals surface area contributed by atoms with Crippen molar-refractivity contribution in [1.29, 1.82) is 0 Å². The number of rotatable bonds is 4. The molecule has 5 nitrogen and oxygen atoms in total. The Bertz CT molecular complexity index is 526. The van der Waals surface area contributed by atoms with Gasteiger partial charge in [0.05, 0.1) is 7.11 Å². The van der Waals surface area contributed by atoms with Crippen LogP contribution in [0.25, 0.3) is 0 Å². The molecule has 0 unspecified atom stereocenters. The second kappa shape index (κ2) is 5.50. The Kier molecular flexibility index (Phi) is 4.53. The lowest BCUT2D eigenvalue weighted by Gasteiger charge is -2.08. The maximum Gasteiger partial charge on any atom is 0.287 e. The minimum Gasteiger partial charge on any atom is -0.495 e. The maximum atomic E-state index is 11.9. The van der Waals surface area contributed by atoms with Crippen LogP contribution >= 0.6 is 15.9 Å². The molecule has 0 spiro atoms. The zero-order valence-electron chi connectivity index (χ0n) is 9.71. The number of nitrogens with zero attached hydrogens (tertiary/aromatic N) is 2. The van der Waals surface area contributed by atoms with Gasteiger partial charge in [-0.05, 0) is 18.2 Å². The molecule has 0 heterocycles. The van der Waals surface area contributed by atoms with Crippen LogP contribution < -0.4 is 4.74 Å². The van der Waals surface area contributed by atoms with Gasteiger partial charge in [0.1, 0.15) is 17.0 Å². The Labute approximate surface area is 109 Å². The van der Waals surface area contributed by atoms with Crippen molar-refractivity contribution >= 4 is 32.3 Å². The van der Waals surface area contributed by atoms with Gasteiger partial charge in [-0.15, -0.1) is 4.40 Å². The van der Waals surface area contributed by atoms with E-state index in [1.54, 1.807) is 31.1 Å². The van der Waals surface area contributed by atoms with Gasteiger partial charge in [-0.25, -0.2) is 0 Å². The zero-order valence-corrected chi connectivity index (χ0v) is 12.1. The standard InChI is InChI=1S/C10H13BrN2O3S/c1-13(2)7-12-17(14,15)10-6-8(11)4-5-9(10)16-3/h4-7H,1-3H3/b12-7+. The van der Waals surface area contributed by atoms with Crippen LogP contribution in [-0.4, -0.2) is 40.9 Å². The molecule has 0 radical (unpaired) electrons. The Hall–Kier alpha value is -1.08. The molecule has 94 valence electrons. The lowest BCUT2D eigenvalue weighted by molar-refractivity contribution is 0.402. The third-order valence-electron chi connectivity index (χ3n) is 1.82. The van der Waals surface area contributed by atoms with E-state index in [4.69, 9.17) is 4.74 Å². The van der Waals surface area contributed by atoms with Crippen molar-refractivity contribution in [3.05, 3.63) is 22.7 Å². The van der Waals surface area contributed by atoms with E-state index in [0.717, 1.165) is 0 Å². The smallest absolute Gasteiger partial charge is 0.287 e. The minimum absolute atomic E-state index is 0.0347. The SMILES string of the molecule is COc1ccc(Br)cc1S(=O)(=O)/N=C/N(C)C. The first-order chi connectivity index (χ1) is 7.86. The molecule has 0 aromatic heterocycles. The summed E-state index contributed by atoms with van der Waals surface area (Å²) in [7, 11) is 1.05. The van der Waals surface area contributed by atoms with Crippen LogP contribution in [0.15, 0.2) is 32.0 Å². The summed E-state index contributed by atoms with van der Waals surface area (Å²) in [5.41, 5.74) is 0. The summed E-state index contributed by atoms with van der Waals surface area (Å²) in [5, 5.41) is 0. The molecule has 0 aliphatic heterocycles. The van der Waals surface area contributed by atoms with Crippen LogP contribution in [0.2, 0.25) is 0 Å². The Morgan fingerprint density at radius 2 is 2.06 bits per heavy atom. The zero-order chi connectivity index (χ0) is 13.1. The van der Waals surface area contributed by atoms with Crippen molar-refractivity contribution in [2.24, 2.45) is 4.40 Å². The lowest BCUT2D eigenvalue weighted by Crippen LogP contribution is -2.10. The summed E-state index contributed by atoms with van der Waals surface area (Å²) >= 11 is 3.22. The highest BCUT2D eigenvalue weighted by Crippen LogP contribution is 2.28. The molecule has 0 fully saturated rings. The van der Waals surface area contributed by atoms with Crippen LogP contribution in [0.1, 0.15) is 0 Å². The summed E-state index contributed by atoms with van der Waals surface area (Å²) in [6.45, 7) is 0. The van der Waals surface area contributed by atoms with Gasteiger partial charge in [0, 0.05) is 18.6 Å². The molecular formula is C10H13BrN2O3S. The predicted molar refractivity (Wildman–Crippen MR) is 70.1 cm³/mol. The number of ether oxygens (including phenoxy) is 1. The van der Waals surface area contributed by atoms with Crippen molar-refractivity contribution < 1.29 is 13.2 Å². The van der Waals surface area contributed by atoms with Crippen LogP contribution in [0.3, 0.4) is 0 Å². The van der Waals surface area contributed by atoms with Gasteiger partial charge < -0.3 is 9.64 Å². The van der Waals surface area contributed by atoms with Crippen LogP contribution in [0.5, 0.6) is 5.75 Å². The summed E-state index contributed by atoms with van der Waals surface area (Å²) in [6, 6.07) is 4.73. The summed E-state index contributed by atoms with van der Waals surface area (Å²) in [4.78, 5) is 1.58. The molecule has 7 heteroatoms. The van der Waals surface area contributed by atoms with Crippen LogP contribution in [-0.2, 0) is 10.0 Å². The Morgan fingerprint density at radius 3 is 2.59 bits per heavy atom. The van der Waals surface area contributed by atoms with Crippen molar-refractivity contribution in [3.8, 4) is 5.75 Å². The molecular weight excluding hydrogens is 308 g/mol. The average molecular weight is 321 g/mol. The normalized spacial score (nSPS) is 11.8. The van der Waals surface area contributed by atoms with E-state index in [0.29, 0.717) is 4.47 Å². The topological polar surface area (TPSA) is 59.0 Å². The largest absolute Gasteiger partial charge is 0.495 e. The Morgan fingerprint density at radius 1 is 1.41 bits per heavy atom. The summed E-state index contributed by atoms with van der Waals surface area (Å²) in [5.74, 6) is 0.268. The lowest BCUT2D eigenvalue weighted by atomic mass is 10.3. The first-order valence-electron chi connectivity index (χ1n) is 4.67. The van der Waals surface area contributed by atoms with Gasteiger partial charge in [-0.1, -0.05) is 15.9 Å². The van der Waals surface area contributed by atoms with Crippen molar-refractivity contribution in [2.45, 2.75) is 4.90 Å². The fourth-order valence-corrected chi connectivity index (χ4v) is 2.69. The number of sulfonamides is 1. The Balaban J connectivity index is 3.27. The van der Waals surface area contributed by atoms with E-state index in [2.05, 4.69) is 20.3 Å². The highest BCUT2D eigenvalue weighted by molar-refractivity contribution is 9.10. The monoisotopic (exact) mass is 320 g/mol. The van der Waals surface area contributed by atoms with E-state index in [9.17, 15) is 8.42 Å². The summed E-state index contributed by atoms with van der Waals surface area (Å²) < 4.78 is 33.1. The van der Waals surface area contributed by atoms with Crippen molar-refractivity contribution in [2.75, 3.05) is 21.2 Å². The van der Waals surface area contributed by atoms with Gasteiger partial charge in [0.2, 0.25) is 0 Å². The first kappa shape index (κ1) is 14.0. The molecule has 1 rings (SSSR count). The average Bonchev–Trinajstić information content (AvgIpc) is 2.26. The molecule has 0 saturated carbocycles. The minimum atomic E-state index is -3.75. The highest BCUT2D eigenvalue weighted by atomic mass is 79.9. The molecule has 0 aliphatic carbocycles. The molecule has 17 heavy (non-hydrogen) atoms. The second-order valence-electron chi connectivity index (χ2n) is 3.45. The summed E-state index contributed by atoms with van der Waals surface area (Å²) in [6.07, 6.45) is 1.23. The fourth-order valence-electron chi connectivity index (χ4n) is 1.07. The number of benzene rings is 1. The molecule has 0 atom stereocenters. The van der Waals surface area contributed by atoms with Gasteiger partial charge in [-0.3, -0.25) is 0 Å². The van der Waals surface area contributed by atoms with E-state index < -0.39 is 10.0 Å². The van der Waals surface area contributed by atoms with Gasteiger partial charge in [-0.2, -0.15) is 8.42 Å². The highest BCUT2D eigenvalue weighted by Gasteiger charge is 2.18. The van der Waals surface area contributed by atoms with E-state index in [1.807, 2.05) is 0 Å². The van der Waals surface area contributed by atoms with Crippen LogP contribution in [0.4, 0.5) is 0 Å². The van der Waals surface area contributed by atoms with Crippen molar-refractivity contribution in [3.63, 3.8) is 0 Å². The molecule has 0 amide bonds. The van der Waals surface area contributed by atoms with Crippen molar-refractivity contribution in [1.82, 2.24) is 4.90 Å². The van der Waals surface area contributed by atoms with Gasteiger partial charge >= 0.3 is 0 Å². The van der Waals surface area contributed by atoms with Gasteiger partial charge in [0.15, 0.2) is 0 Å². The molecule has 1 aromatic carbocycles. The number of hydrogen-bond donors (Lipinski definition) is 0. The molecule has 0 N–H and O–H groups in total. The molecule has 0 bridgehead atoms. The maximum absolute atomic E-state index is 11.9. The fraction of sp³-hybridized carbons (Fsp3) is 0.300. The molecule has 1 aromatic rings. The number of methoxy groups -OCH3 is 1. The molecule has 0 aliphatic rings. The van der Waals surface area contributed by atoms with E-state index in [1.165, 1.54) is 19.5 Å². The number of hydrogen-bond acceptors (Lipinski definition) is 3. The number of halogens is 1. The quantitative estimate of drug-likeness (QED) is 0.626. The third kappa shape index (κ3) is 3.71.